The number of nitrogens with two attached hydrogens (primary N) is 1. The number of rotatable bonds is 2. The molecule has 23 heavy (non-hydrogen) atoms. The molecule has 3 rings (SSSR count). The van der Waals surface area contributed by atoms with Gasteiger partial charge in [-0.15, -0.1) is 0 Å². The average molecular weight is 369 g/mol. The average Bonchev–Trinajstić information content (AvgIpc) is 2.54. The van der Waals surface area contributed by atoms with Gasteiger partial charge in [-0.1, -0.05) is 59.1 Å². The fourth-order valence-electron chi connectivity index (χ4n) is 2.16. The van der Waals surface area contributed by atoms with E-state index in [9.17, 15) is 9.59 Å². The predicted octanol–water partition coefficient (Wildman–Crippen LogP) is 4.48. The lowest BCUT2D eigenvalue weighted by Crippen LogP contribution is -2.23. The summed E-state index contributed by atoms with van der Waals surface area (Å²) >= 11 is 17.8. The quantitative estimate of drug-likeness (QED) is 0.793. The second-order valence-electron chi connectivity index (χ2n) is 4.75. The largest absolute Gasteiger partial charge is 0.449 e. The third-order valence-corrected chi connectivity index (χ3v) is 4.35. The standard InChI is InChI=1S/C16H8Cl3NO3/c17-9-5-11(20)12(6-10(9)18)23-16-13(19)14(21)7-3-1-2-4-8(7)15(16)22/h1-6H,20H2. The van der Waals surface area contributed by atoms with Gasteiger partial charge in [-0.2, -0.15) is 0 Å². The Bertz CT molecular complexity index is 890. The number of allylic oxidation sites excluding steroid dienone is 2. The Balaban J connectivity index is 2.07. The van der Waals surface area contributed by atoms with Crippen molar-refractivity contribution in [3.63, 3.8) is 0 Å². The van der Waals surface area contributed by atoms with E-state index in [4.69, 9.17) is 45.3 Å². The molecular weight excluding hydrogens is 361 g/mol. The molecule has 116 valence electrons. The summed E-state index contributed by atoms with van der Waals surface area (Å²) in [5.41, 5.74) is 6.41. The summed E-state index contributed by atoms with van der Waals surface area (Å²) in [6.45, 7) is 0. The first kappa shape index (κ1) is 15.9. The number of anilines is 1. The summed E-state index contributed by atoms with van der Waals surface area (Å²) in [6.07, 6.45) is 0. The monoisotopic (exact) mass is 367 g/mol. The molecule has 1 aliphatic carbocycles. The Kier molecular flexibility index (Phi) is 4.06. The van der Waals surface area contributed by atoms with E-state index in [1.165, 1.54) is 24.3 Å². The van der Waals surface area contributed by atoms with Crippen LogP contribution in [0.15, 0.2) is 47.2 Å². The van der Waals surface area contributed by atoms with Crippen LogP contribution >= 0.6 is 34.8 Å². The molecular formula is C16H8Cl3NO3. The molecule has 0 saturated carbocycles. The first-order valence-electron chi connectivity index (χ1n) is 6.40. The second kappa shape index (κ2) is 5.89. The highest BCUT2D eigenvalue weighted by Gasteiger charge is 2.33. The van der Waals surface area contributed by atoms with Crippen LogP contribution in [0, 0.1) is 0 Å². The molecule has 4 nitrogen and oxygen atoms in total. The van der Waals surface area contributed by atoms with Gasteiger partial charge in [0, 0.05) is 17.2 Å². The van der Waals surface area contributed by atoms with Crippen LogP contribution in [0.3, 0.4) is 0 Å². The molecule has 0 atom stereocenters. The van der Waals surface area contributed by atoms with Gasteiger partial charge in [0.1, 0.15) is 5.03 Å². The smallest absolute Gasteiger partial charge is 0.230 e. The molecule has 7 heteroatoms. The van der Waals surface area contributed by atoms with Gasteiger partial charge in [0.15, 0.2) is 11.5 Å². The number of ketones is 2. The third-order valence-electron chi connectivity index (χ3n) is 3.29. The molecule has 0 radical (unpaired) electrons. The van der Waals surface area contributed by atoms with Crippen LogP contribution in [0.1, 0.15) is 20.7 Å². The van der Waals surface area contributed by atoms with Crippen LogP contribution in [0.4, 0.5) is 5.69 Å². The molecule has 0 aromatic heterocycles. The van der Waals surface area contributed by atoms with E-state index in [0.717, 1.165) is 0 Å². The minimum Gasteiger partial charge on any atom is -0.449 e. The minimum atomic E-state index is -0.504. The number of carbonyl (C=O) groups excluding carboxylic acids is 2. The molecule has 0 spiro atoms. The van der Waals surface area contributed by atoms with Crippen molar-refractivity contribution in [1.29, 1.82) is 0 Å². The van der Waals surface area contributed by atoms with Crippen LogP contribution in [-0.4, -0.2) is 11.6 Å². The zero-order valence-electron chi connectivity index (χ0n) is 11.4. The first-order chi connectivity index (χ1) is 10.9. The summed E-state index contributed by atoms with van der Waals surface area (Å²) in [5, 5.41) is 0.134. The topological polar surface area (TPSA) is 69.4 Å². The molecule has 0 amide bonds. The van der Waals surface area contributed by atoms with Crippen molar-refractivity contribution in [1.82, 2.24) is 0 Å². The summed E-state index contributed by atoms with van der Waals surface area (Å²) in [4.78, 5) is 24.8. The summed E-state index contributed by atoms with van der Waals surface area (Å²) < 4.78 is 5.48. The third kappa shape index (κ3) is 2.70. The Morgan fingerprint density at radius 1 is 0.870 bits per heavy atom. The van der Waals surface area contributed by atoms with E-state index in [-0.39, 0.29) is 43.4 Å². The first-order valence-corrected chi connectivity index (χ1v) is 7.54. The zero-order chi connectivity index (χ0) is 16.7. The van der Waals surface area contributed by atoms with E-state index in [1.54, 1.807) is 12.1 Å². The molecule has 2 N–H and O–H groups in total. The molecule has 0 saturated heterocycles. The molecule has 0 heterocycles. The number of Topliss-reactive ketones (excluding diaryl/α,β-unsaturated/α-hetero) is 2. The van der Waals surface area contributed by atoms with Gasteiger partial charge < -0.3 is 10.5 Å². The number of fused-ring (bicyclic) bond motifs is 1. The van der Waals surface area contributed by atoms with Crippen molar-refractivity contribution in [3.05, 3.63) is 68.4 Å². The lowest BCUT2D eigenvalue weighted by Gasteiger charge is -2.18. The van der Waals surface area contributed by atoms with Gasteiger partial charge in [-0.05, 0) is 6.07 Å². The van der Waals surface area contributed by atoms with Gasteiger partial charge in [0.2, 0.25) is 11.6 Å². The maximum atomic E-state index is 12.5. The van der Waals surface area contributed by atoms with Crippen molar-refractivity contribution >= 4 is 52.1 Å². The van der Waals surface area contributed by atoms with E-state index in [1.807, 2.05) is 0 Å². The molecule has 0 unspecified atom stereocenters. The van der Waals surface area contributed by atoms with E-state index in [2.05, 4.69) is 0 Å². The van der Waals surface area contributed by atoms with Crippen LogP contribution in [0.5, 0.6) is 5.75 Å². The van der Waals surface area contributed by atoms with Crippen molar-refractivity contribution in [2.75, 3.05) is 5.73 Å². The highest BCUT2D eigenvalue weighted by atomic mass is 35.5. The lowest BCUT2D eigenvalue weighted by molar-refractivity contribution is 0.0943. The number of halogens is 3. The van der Waals surface area contributed by atoms with Gasteiger partial charge in [-0.25, -0.2) is 0 Å². The summed E-state index contributed by atoms with van der Waals surface area (Å²) in [5.74, 6) is -1.19. The number of nitrogen functional groups attached to an aromatic ring is 1. The van der Waals surface area contributed by atoms with Gasteiger partial charge in [0.25, 0.3) is 0 Å². The highest BCUT2D eigenvalue weighted by Crippen LogP contribution is 2.36. The maximum Gasteiger partial charge on any atom is 0.230 e. The number of hydrogen-bond donors (Lipinski definition) is 1. The highest BCUT2D eigenvalue weighted by molar-refractivity contribution is 6.49. The Morgan fingerprint density at radius 2 is 1.43 bits per heavy atom. The number of carbonyl (C=O) groups is 2. The van der Waals surface area contributed by atoms with E-state index in [0.29, 0.717) is 0 Å². The van der Waals surface area contributed by atoms with Crippen LogP contribution in [-0.2, 0) is 0 Å². The van der Waals surface area contributed by atoms with Crippen LogP contribution in [0.25, 0.3) is 0 Å². The van der Waals surface area contributed by atoms with Crippen molar-refractivity contribution in [2.45, 2.75) is 0 Å². The van der Waals surface area contributed by atoms with Crippen LogP contribution < -0.4 is 10.5 Å². The van der Waals surface area contributed by atoms with Crippen molar-refractivity contribution in [2.24, 2.45) is 0 Å². The minimum absolute atomic E-state index is 0.0908. The normalized spacial score (nSPS) is 14.0. The van der Waals surface area contributed by atoms with E-state index < -0.39 is 11.6 Å². The molecule has 0 aliphatic heterocycles. The molecule has 0 bridgehead atoms. The summed E-state index contributed by atoms with van der Waals surface area (Å²) in [6, 6.07) is 9.10. The second-order valence-corrected chi connectivity index (χ2v) is 5.95. The van der Waals surface area contributed by atoms with Crippen molar-refractivity contribution in [3.8, 4) is 5.75 Å². The van der Waals surface area contributed by atoms with Crippen molar-refractivity contribution < 1.29 is 14.3 Å². The van der Waals surface area contributed by atoms with Crippen LogP contribution in [0.2, 0.25) is 10.0 Å². The fraction of sp³-hybridized carbons (Fsp3) is 0. The zero-order valence-corrected chi connectivity index (χ0v) is 13.7. The van der Waals surface area contributed by atoms with Gasteiger partial charge >= 0.3 is 0 Å². The fourth-order valence-corrected chi connectivity index (χ4v) is 2.71. The Labute approximate surface area is 146 Å². The molecule has 2 aromatic carbocycles. The summed E-state index contributed by atoms with van der Waals surface area (Å²) in [7, 11) is 0. The number of benzene rings is 2. The maximum absolute atomic E-state index is 12.5. The molecule has 0 fully saturated rings. The number of ether oxygens (including phenoxy) is 1. The van der Waals surface area contributed by atoms with Gasteiger partial charge in [0.05, 0.1) is 15.7 Å². The Morgan fingerprint density at radius 3 is 2.09 bits per heavy atom. The Hall–Kier alpha value is -2.01. The SMILES string of the molecule is Nc1cc(Cl)c(Cl)cc1OC1=C(Cl)C(=O)c2ccccc2C1=O. The molecule has 2 aromatic rings. The lowest BCUT2D eigenvalue weighted by atomic mass is 9.93. The van der Waals surface area contributed by atoms with E-state index >= 15 is 0 Å². The number of hydrogen-bond acceptors (Lipinski definition) is 4. The predicted molar refractivity (Wildman–Crippen MR) is 89.5 cm³/mol. The van der Waals surface area contributed by atoms with Gasteiger partial charge in [-0.3, -0.25) is 9.59 Å². The molecule has 1 aliphatic rings.